The van der Waals surface area contributed by atoms with Crippen LogP contribution < -0.4 is 9.80 Å². The van der Waals surface area contributed by atoms with Crippen molar-refractivity contribution in [3.05, 3.63) is 30.2 Å². The Kier molecular flexibility index (Phi) is 3.25. The summed E-state index contributed by atoms with van der Waals surface area (Å²) in [5, 5.41) is 1.09. The lowest BCUT2D eigenvalue weighted by Crippen LogP contribution is -2.48. The molecule has 0 aliphatic carbocycles. The topological polar surface area (TPSA) is 45.2 Å². The molecule has 4 rings (SSSR count). The summed E-state index contributed by atoms with van der Waals surface area (Å²) < 4.78 is 4.34. The van der Waals surface area contributed by atoms with E-state index in [0.29, 0.717) is 6.04 Å². The number of fused-ring (bicyclic) bond motifs is 1. The second-order valence-electron chi connectivity index (χ2n) is 5.86. The fraction of sp³-hybridized carbons (Fsp3) is 0.533. The zero-order valence-corrected chi connectivity index (χ0v) is 13.0. The molecule has 0 saturated carbocycles. The first-order valence-corrected chi connectivity index (χ1v) is 8.31. The molecule has 0 amide bonds. The van der Waals surface area contributed by atoms with Crippen LogP contribution in [0.25, 0.3) is 0 Å². The van der Waals surface area contributed by atoms with Crippen LogP contribution in [0.1, 0.15) is 18.7 Å². The molecule has 2 unspecified atom stereocenters. The molecule has 0 radical (unpaired) electrons. The molecule has 2 aromatic rings. The summed E-state index contributed by atoms with van der Waals surface area (Å²) in [4.78, 5) is 14.0. The van der Waals surface area contributed by atoms with Gasteiger partial charge in [0.25, 0.3) is 0 Å². The van der Waals surface area contributed by atoms with Crippen LogP contribution in [0, 0.1) is 12.8 Å². The van der Waals surface area contributed by atoms with Gasteiger partial charge in [0.2, 0.25) is 5.13 Å². The van der Waals surface area contributed by atoms with Gasteiger partial charge in [0, 0.05) is 37.4 Å². The van der Waals surface area contributed by atoms with Crippen molar-refractivity contribution in [3.8, 4) is 0 Å². The van der Waals surface area contributed by atoms with E-state index in [0.717, 1.165) is 42.3 Å². The summed E-state index contributed by atoms with van der Waals surface area (Å²) in [7, 11) is 0. The van der Waals surface area contributed by atoms with E-state index in [9.17, 15) is 0 Å². The van der Waals surface area contributed by atoms with E-state index in [-0.39, 0.29) is 0 Å². The molecule has 5 nitrogen and oxygen atoms in total. The Hall–Kier alpha value is -1.69. The van der Waals surface area contributed by atoms with Crippen LogP contribution in [0.2, 0.25) is 0 Å². The molecule has 2 aliphatic heterocycles. The van der Waals surface area contributed by atoms with Crippen molar-refractivity contribution in [2.24, 2.45) is 5.92 Å². The summed E-state index contributed by atoms with van der Waals surface area (Å²) in [6.45, 7) is 5.23. The molecule has 6 heteroatoms. The van der Waals surface area contributed by atoms with E-state index in [2.05, 4.69) is 36.3 Å². The van der Waals surface area contributed by atoms with Crippen LogP contribution in [-0.2, 0) is 0 Å². The van der Waals surface area contributed by atoms with Gasteiger partial charge >= 0.3 is 0 Å². The van der Waals surface area contributed by atoms with Gasteiger partial charge in [0.1, 0.15) is 11.6 Å². The zero-order chi connectivity index (χ0) is 14.2. The molecule has 0 aromatic carbocycles. The van der Waals surface area contributed by atoms with Crippen molar-refractivity contribution in [2.45, 2.75) is 25.8 Å². The van der Waals surface area contributed by atoms with Crippen LogP contribution in [0.15, 0.2) is 24.4 Å². The Bertz CT molecular complexity index is 614. The minimum atomic E-state index is 0.549. The number of aryl methyl sites for hydroxylation is 1. The van der Waals surface area contributed by atoms with Gasteiger partial charge in [-0.15, -0.1) is 0 Å². The molecule has 2 saturated heterocycles. The molecule has 110 valence electrons. The average molecular weight is 301 g/mol. The monoisotopic (exact) mass is 301 g/mol. The van der Waals surface area contributed by atoms with Crippen LogP contribution >= 0.6 is 11.5 Å². The highest BCUT2D eigenvalue weighted by Gasteiger charge is 2.39. The maximum atomic E-state index is 4.58. The highest BCUT2D eigenvalue weighted by Crippen LogP contribution is 2.36. The van der Waals surface area contributed by atoms with Gasteiger partial charge < -0.3 is 9.80 Å². The fourth-order valence-electron chi connectivity index (χ4n) is 3.53. The highest BCUT2D eigenvalue weighted by molar-refractivity contribution is 7.09. The van der Waals surface area contributed by atoms with E-state index in [1.165, 1.54) is 24.4 Å². The minimum Gasteiger partial charge on any atom is -0.355 e. The lowest BCUT2D eigenvalue weighted by atomic mass is 9.92. The van der Waals surface area contributed by atoms with E-state index >= 15 is 0 Å². The predicted octanol–water partition coefficient (Wildman–Crippen LogP) is 2.35. The van der Waals surface area contributed by atoms with Gasteiger partial charge in [-0.25, -0.2) is 9.97 Å². The molecule has 2 fully saturated rings. The maximum absolute atomic E-state index is 4.58. The predicted molar refractivity (Wildman–Crippen MR) is 85.0 cm³/mol. The summed E-state index contributed by atoms with van der Waals surface area (Å²) in [6.07, 6.45) is 4.40. The third-order valence-electron chi connectivity index (χ3n) is 4.60. The molecule has 4 heterocycles. The summed E-state index contributed by atoms with van der Waals surface area (Å²) in [5.74, 6) is 2.77. The molecule has 0 bridgehead atoms. The summed E-state index contributed by atoms with van der Waals surface area (Å²) >= 11 is 1.53. The third-order valence-corrected chi connectivity index (χ3v) is 5.44. The normalized spacial score (nSPS) is 25.2. The van der Waals surface area contributed by atoms with Crippen molar-refractivity contribution in [1.29, 1.82) is 0 Å². The van der Waals surface area contributed by atoms with Crippen LogP contribution in [0.5, 0.6) is 0 Å². The van der Waals surface area contributed by atoms with Gasteiger partial charge in [0.15, 0.2) is 0 Å². The number of pyridine rings is 1. The Morgan fingerprint density at radius 3 is 2.90 bits per heavy atom. The second kappa shape index (κ2) is 5.26. The van der Waals surface area contributed by atoms with Crippen LogP contribution in [-0.4, -0.2) is 40.0 Å². The van der Waals surface area contributed by atoms with Gasteiger partial charge in [-0.1, -0.05) is 6.07 Å². The van der Waals surface area contributed by atoms with Crippen molar-refractivity contribution < 1.29 is 0 Å². The number of aromatic nitrogens is 3. The van der Waals surface area contributed by atoms with Gasteiger partial charge in [-0.05, 0) is 37.8 Å². The number of hydrogen-bond donors (Lipinski definition) is 0. The Balaban J connectivity index is 1.56. The molecular formula is C15H19N5S. The lowest BCUT2D eigenvalue weighted by Gasteiger charge is -2.38. The zero-order valence-electron chi connectivity index (χ0n) is 12.1. The largest absolute Gasteiger partial charge is 0.355 e. The van der Waals surface area contributed by atoms with E-state index in [1.807, 2.05) is 19.2 Å². The minimum absolute atomic E-state index is 0.549. The molecule has 0 spiro atoms. The van der Waals surface area contributed by atoms with Gasteiger partial charge in [-0.3, -0.25) is 0 Å². The van der Waals surface area contributed by atoms with Crippen LogP contribution in [0.4, 0.5) is 10.9 Å². The molecular weight excluding hydrogens is 282 g/mol. The van der Waals surface area contributed by atoms with Crippen molar-refractivity contribution in [2.75, 3.05) is 29.4 Å². The quantitative estimate of drug-likeness (QED) is 0.852. The summed E-state index contributed by atoms with van der Waals surface area (Å²) in [5.41, 5.74) is 0. The molecule has 2 atom stereocenters. The first-order chi connectivity index (χ1) is 10.3. The number of hydrogen-bond acceptors (Lipinski definition) is 6. The Morgan fingerprint density at radius 1 is 1.24 bits per heavy atom. The van der Waals surface area contributed by atoms with Crippen molar-refractivity contribution >= 4 is 22.5 Å². The molecule has 2 aliphatic rings. The fourth-order valence-corrected chi connectivity index (χ4v) is 4.29. The van der Waals surface area contributed by atoms with Crippen molar-refractivity contribution in [1.82, 2.24) is 14.3 Å². The van der Waals surface area contributed by atoms with E-state index in [4.69, 9.17) is 0 Å². The smallest absolute Gasteiger partial charge is 0.205 e. The first-order valence-electron chi connectivity index (χ1n) is 7.54. The Labute approximate surface area is 128 Å². The number of anilines is 2. The van der Waals surface area contributed by atoms with Crippen molar-refractivity contribution in [3.63, 3.8) is 0 Å². The lowest BCUT2D eigenvalue weighted by molar-refractivity contribution is 0.389. The molecule has 21 heavy (non-hydrogen) atoms. The average Bonchev–Trinajstić information content (AvgIpc) is 3.13. The number of piperidine rings is 1. The van der Waals surface area contributed by atoms with Gasteiger partial charge in [-0.2, -0.15) is 4.37 Å². The van der Waals surface area contributed by atoms with E-state index in [1.54, 1.807) is 0 Å². The first kappa shape index (κ1) is 13.0. The Morgan fingerprint density at radius 2 is 2.14 bits per heavy atom. The maximum Gasteiger partial charge on any atom is 0.205 e. The second-order valence-corrected chi connectivity index (χ2v) is 6.59. The van der Waals surface area contributed by atoms with Gasteiger partial charge in [0.05, 0.1) is 6.04 Å². The third kappa shape index (κ3) is 2.37. The number of rotatable bonds is 2. The molecule has 2 aromatic heterocycles. The molecule has 0 N–H and O–H groups in total. The standard InChI is InChI=1S/C15H19N5S/c1-11-17-15(21-18-11)20-9-6-12-5-8-19(10-13(12)20)14-4-2-3-7-16-14/h2-4,7,12-13H,5-6,8-10H2,1H3. The summed E-state index contributed by atoms with van der Waals surface area (Å²) in [6, 6.07) is 6.69. The van der Waals surface area contributed by atoms with E-state index < -0.39 is 0 Å². The number of nitrogens with zero attached hydrogens (tertiary/aromatic N) is 5. The highest BCUT2D eigenvalue weighted by atomic mass is 32.1. The van der Waals surface area contributed by atoms with Crippen LogP contribution in [0.3, 0.4) is 0 Å². The SMILES string of the molecule is Cc1nsc(N2CCC3CCN(c4ccccn4)CC32)n1.